The molecule has 2 N–H and O–H groups in total. The lowest BCUT2D eigenvalue weighted by molar-refractivity contribution is 0.0937. The van der Waals surface area contributed by atoms with Gasteiger partial charge in [-0.2, -0.15) is 0 Å². The fourth-order valence-electron chi connectivity index (χ4n) is 3.62. The molecule has 0 aliphatic rings. The van der Waals surface area contributed by atoms with Gasteiger partial charge in [-0.3, -0.25) is 14.2 Å². The Morgan fingerprint density at radius 2 is 1.74 bits per heavy atom. The van der Waals surface area contributed by atoms with Crippen molar-refractivity contribution in [3.63, 3.8) is 0 Å². The quantitative estimate of drug-likeness (QED) is 0.421. The average molecular weight is 503 g/mol. The number of carbonyl (C=O) groups excluding carboxylic acids is 2. The molecule has 0 unspecified atom stereocenters. The second-order valence-electron chi connectivity index (χ2n) is 7.60. The molecule has 0 saturated carbocycles. The van der Waals surface area contributed by atoms with Crippen molar-refractivity contribution in [1.82, 2.24) is 13.7 Å². The van der Waals surface area contributed by atoms with E-state index >= 15 is 0 Å². The van der Waals surface area contributed by atoms with E-state index in [1.807, 2.05) is 0 Å². The zero-order chi connectivity index (χ0) is 25.4. The molecule has 2 aromatic carbocycles. The monoisotopic (exact) mass is 502 g/mol. The molecule has 180 valence electrons. The van der Waals surface area contributed by atoms with Crippen molar-refractivity contribution in [1.29, 1.82) is 0 Å². The number of rotatable bonds is 5. The van der Waals surface area contributed by atoms with Crippen molar-refractivity contribution < 1.29 is 23.1 Å². The molecule has 9 nitrogen and oxygen atoms in total. The molecule has 4 aromatic rings. The van der Waals surface area contributed by atoms with Gasteiger partial charge in [0.2, 0.25) is 5.91 Å². The maximum atomic E-state index is 13.8. The second-order valence-corrected chi connectivity index (χ2v) is 7.98. The first-order chi connectivity index (χ1) is 16.6. The first-order valence-electron chi connectivity index (χ1n) is 10.1. The first-order valence-corrected chi connectivity index (χ1v) is 10.5. The molecule has 0 aliphatic carbocycles. The number of fused-ring (bicyclic) bond motifs is 1. The minimum absolute atomic E-state index is 0.000716. The molecule has 12 heteroatoms. The van der Waals surface area contributed by atoms with Crippen molar-refractivity contribution in [2.24, 2.45) is 5.73 Å². The first kappa shape index (κ1) is 23.9. The Labute approximate surface area is 200 Å². The zero-order valence-electron chi connectivity index (χ0n) is 18.1. The minimum atomic E-state index is -1.06. The van der Waals surface area contributed by atoms with E-state index in [0.29, 0.717) is 10.1 Å². The number of ether oxygens (including phenoxy) is 1. The summed E-state index contributed by atoms with van der Waals surface area (Å²) in [4.78, 5) is 48.8. The van der Waals surface area contributed by atoms with Crippen LogP contribution < -0.4 is 21.7 Å². The number of aromatic nitrogens is 3. The third-order valence-corrected chi connectivity index (χ3v) is 5.55. The molecular weight excluding hydrogens is 486 g/mol. The third-order valence-electron chi connectivity index (χ3n) is 5.24. The largest absolute Gasteiger partial charge is 0.488 e. The van der Waals surface area contributed by atoms with Crippen LogP contribution in [0.15, 0.2) is 58.1 Å². The molecule has 1 amide bonds. The van der Waals surface area contributed by atoms with Gasteiger partial charge in [-0.25, -0.2) is 27.5 Å². The predicted molar refractivity (Wildman–Crippen MR) is 123 cm³/mol. The molecule has 0 spiro atoms. The number of pyridine rings is 1. The Hall–Kier alpha value is -4.25. The number of imidazole rings is 1. The van der Waals surface area contributed by atoms with E-state index in [2.05, 4.69) is 0 Å². The van der Waals surface area contributed by atoms with Crippen LogP contribution in [0.4, 0.5) is 13.6 Å². The summed E-state index contributed by atoms with van der Waals surface area (Å²) in [5.41, 5.74) is 4.74. The Morgan fingerprint density at radius 3 is 2.37 bits per heavy atom. The number of primary amides is 1. The van der Waals surface area contributed by atoms with Crippen molar-refractivity contribution in [2.45, 2.75) is 20.1 Å². The topological polar surface area (TPSA) is 118 Å². The van der Waals surface area contributed by atoms with E-state index in [4.69, 9.17) is 22.1 Å². The fourth-order valence-corrected chi connectivity index (χ4v) is 3.87. The highest BCUT2D eigenvalue weighted by Gasteiger charge is 2.19. The maximum absolute atomic E-state index is 13.8. The van der Waals surface area contributed by atoms with Crippen LogP contribution in [0.2, 0.25) is 5.15 Å². The molecule has 0 fully saturated rings. The highest BCUT2D eigenvalue weighted by atomic mass is 35.5. The van der Waals surface area contributed by atoms with Crippen molar-refractivity contribution in [3.8, 4) is 5.75 Å². The summed E-state index contributed by atoms with van der Waals surface area (Å²) in [6.45, 7) is 0.881. The summed E-state index contributed by atoms with van der Waals surface area (Å²) in [7, 11) is 0. The van der Waals surface area contributed by atoms with Gasteiger partial charge in [0.1, 0.15) is 29.1 Å². The third kappa shape index (κ3) is 4.58. The second kappa shape index (κ2) is 9.18. The number of hydrogen-bond acceptors (Lipinski definition) is 5. The van der Waals surface area contributed by atoms with Crippen LogP contribution in [0.1, 0.15) is 22.8 Å². The predicted octanol–water partition coefficient (Wildman–Crippen LogP) is 3.11. The van der Waals surface area contributed by atoms with Crippen molar-refractivity contribution >= 4 is 34.6 Å². The van der Waals surface area contributed by atoms with E-state index in [1.54, 1.807) is 6.07 Å². The van der Waals surface area contributed by atoms with E-state index in [-0.39, 0.29) is 40.7 Å². The summed E-state index contributed by atoms with van der Waals surface area (Å²) in [5, 5.41) is 0.000716. The number of nitrogens with two attached hydrogens (primary N) is 1. The zero-order valence-corrected chi connectivity index (χ0v) is 18.9. The molecule has 4 rings (SSSR count). The van der Waals surface area contributed by atoms with Crippen LogP contribution in [0.3, 0.4) is 0 Å². The van der Waals surface area contributed by atoms with Crippen LogP contribution in [-0.4, -0.2) is 25.6 Å². The molecule has 0 bridgehead atoms. The van der Waals surface area contributed by atoms with Crippen LogP contribution in [0, 0.1) is 11.6 Å². The van der Waals surface area contributed by atoms with Gasteiger partial charge in [-0.15, -0.1) is 0 Å². The highest BCUT2D eigenvalue weighted by Crippen LogP contribution is 2.21. The summed E-state index contributed by atoms with van der Waals surface area (Å²) < 4.78 is 35.0. The summed E-state index contributed by atoms with van der Waals surface area (Å²) in [6, 6.07) is 8.96. The number of hydrogen-bond donors (Lipinski definition) is 1. The van der Waals surface area contributed by atoms with Gasteiger partial charge >= 0.3 is 11.7 Å². The summed E-state index contributed by atoms with van der Waals surface area (Å²) in [6.07, 6.45) is 0. The minimum Gasteiger partial charge on any atom is -0.488 e. The summed E-state index contributed by atoms with van der Waals surface area (Å²) in [5.74, 6) is -2.02. The molecule has 2 aromatic heterocycles. The number of benzene rings is 2. The van der Waals surface area contributed by atoms with Gasteiger partial charge < -0.3 is 10.5 Å². The molecule has 0 saturated heterocycles. The van der Waals surface area contributed by atoms with Gasteiger partial charge in [-0.1, -0.05) is 17.7 Å². The standard InChI is InChI=1S/C23H17ClF2N4O5/c1-12(31)29-18-5-2-13(6-19(18)30(22(27)33)23(29)34)10-28-20(24)8-16(9-21(28)32)35-11-14-3-4-15(25)7-17(14)26/h2-9H,10-11H2,1H3,(H2,27,33). The number of nitrogens with zero attached hydrogens (tertiary/aromatic N) is 3. The normalized spacial score (nSPS) is 11.1. The number of carbonyl (C=O) groups is 2. The van der Waals surface area contributed by atoms with Crippen molar-refractivity contribution in [3.05, 3.63) is 97.3 Å². The Kier molecular flexibility index (Phi) is 6.27. The van der Waals surface area contributed by atoms with Gasteiger partial charge in [0, 0.05) is 30.7 Å². The Morgan fingerprint density at radius 1 is 1.00 bits per heavy atom. The van der Waals surface area contributed by atoms with Crippen LogP contribution >= 0.6 is 11.6 Å². The highest BCUT2D eigenvalue weighted by molar-refractivity contribution is 6.29. The maximum Gasteiger partial charge on any atom is 0.344 e. The Bertz CT molecular complexity index is 1620. The lowest BCUT2D eigenvalue weighted by Gasteiger charge is -2.12. The SMILES string of the molecule is CC(=O)n1c(=O)n(C(N)=O)c2cc(Cn3c(Cl)cc(OCc4ccc(F)cc4F)cc3=O)ccc21. The summed E-state index contributed by atoms with van der Waals surface area (Å²) >= 11 is 6.27. The van der Waals surface area contributed by atoms with E-state index in [0.717, 1.165) is 22.8 Å². The smallest absolute Gasteiger partial charge is 0.344 e. The molecule has 0 aliphatic heterocycles. The molecule has 0 radical (unpaired) electrons. The van der Waals surface area contributed by atoms with Crippen molar-refractivity contribution in [2.75, 3.05) is 0 Å². The average Bonchev–Trinajstić information content (AvgIpc) is 3.07. The van der Waals surface area contributed by atoms with Crippen LogP contribution in [-0.2, 0) is 13.2 Å². The van der Waals surface area contributed by atoms with Gasteiger partial charge in [0.15, 0.2) is 0 Å². The van der Waals surface area contributed by atoms with E-state index < -0.39 is 34.8 Å². The number of halogens is 3. The van der Waals surface area contributed by atoms with Crippen LogP contribution in [0.25, 0.3) is 11.0 Å². The van der Waals surface area contributed by atoms with Gasteiger partial charge in [0.25, 0.3) is 5.56 Å². The lowest BCUT2D eigenvalue weighted by Crippen LogP contribution is -2.34. The number of amides is 1. The molecule has 0 atom stereocenters. The van der Waals surface area contributed by atoms with Gasteiger partial charge in [0.05, 0.1) is 17.6 Å². The molecule has 35 heavy (non-hydrogen) atoms. The van der Waals surface area contributed by atoms with Gasteiger partial charge in [-0.05, 0) is 29.8 Å². The van der Waals surface area contributed by atoms with Crippen LogP contribution in [0.5, 0.6) is 5.75 Å². The Balaban J connectivity index is 1.64. The fraction of sp³-hybridized carbons (Fsp3) is 0.130. The molecule has 2 heterocycles. The molecular formula is C23H17ClF2N4O5. The van der Waals surface area contributed by atoms with E-state index in [9.17, 15) is 28.0 Å². The lowest BCUT2D eigenvalue weighted by atomic mass is 10.2. The van der Waals surface area contributed by atoms with E-state index in [1.165, 1.54) is 35.8 Å².